The number of rotatable bonds is 4. The summed E-state index contributed by atoms with van der Waals surface area (Å²) in [5.41, 5.74) is 0. The van der Waals surface area contributed by atoms with Gasteiger partial charge in [-0.05, 0) is 30.9 Å². The van der Waals surface area contributed by atoms with Crippen LogP contribution in [0.25, 0.3) is 0 Å². The summed E-state index contributed by atoms with van der Waals surface area (Å²) in [4.78, 5) is 13.5. The van der Waals surface area contributed by atoms with E-state index in [0.717, 1.165) is 25.3 Å². The molecule has 3 atom stereocenters. The van der Waals surface area contributed by atoms with Crippen LogP contribution >= 0.6 is 11.8 Å². The lowest BCUT2D eigenvalue weighted by Crippen LogP contribution is -2.40. The SMILES string of the molecule is CSCCN1CC2CCCC2C1C(=O)O. The van der Waals surface area contributed by atoms with E-state index >= 15 is 0 Å². The zero-order valence-electron chi connectivity index (χ0n) is 9.19. The van der Waals surface area contributed by atoms with Crippen molar-refractivity contribution in [1.82, 2.24) is 4.90 Å². The van der Waals surface area contributed by atoms with Gasteiger partial charge in [-0.2, -0.15) is 11.8 Å². The molecule has 2 aliphatic rings. The summed E-state index contributed by atoms with van der Waals surface area (Å²) in [5, 5.41) is 9.28. The van der Waals surface area contributed by atoms with E-state index < -0.39 is 5.97 Å². The Morgan fingerprint density at radius 2 is 2.33 bits per heavy atom. The third kappa shape index (κ3) is 2.16. The molecule has 0 aromatic rings. The molecule has 0 aromatic heterocycles. The minimum Gasteiger partial charge on any atom is -0.480 e. The predicted octanol–water partition coefficient (Wildman–Crippen LogP) is 1.53. The summed E-state index contributed by atoms with van der Waals surface area (Å²) < 4.78 is 0. The number of carboxylic acid groups (broad SMARTS) is 1. The van der Waals surface area contributed by atoms with Crippen molar-refractivity contribution in [3.8, 4) is 0 Å². The molecule has 0 radical (unpaired) electrons. The van der Waals surface area contributed by atoms with E-state index in [-0.39, 0.29) is 6.04 Å². The van der Waals surface area contributed by atoms with Gasteiger partial charge in [0, 0.05) is 18.8 Å². The maximum Gasteiger partial charge on any atom is 0.321 e. The second kappa shape index (κ2) is 4.74. The Labute approximate surface area is 95.2 Å². The first-order chi connectivity index (χ1) is 7.24. The van der Waals surface area contributed by atoms with Gasteiger partial charge in [0.05, 0.1) is 0 Å². The summed E-state index contributed by atoms with van der Waals surface area (Å²) in [7, 11) is 0. The second-order valence-corrected chi connectivity index (χ2v) is 5.61. The van der Waals surface area contributed by atoms with Crippen molar-refractivity contribution in [2.75, 3.05) is 25.1 Å². The Morgan fingerprint density at radius 1 is 1.53 bits per heavy atom. The number of fused-ring (bicyclic) bond motifs is 1. The van der Waals surface area contributed by atoms with Gasteiger partial charge in [-0.15, -0.1) is 0 Å². The third-order valence-electron chi connectivity index (χ3n) is 3.82. The summed E-state index contributed by atoms with van der Waals surface area (Å²) >= 11 is 1.80. The molecule has 0 spiro atoms. The zero-order chi connectivity index (χ0) is 10.8. The number of thioether (sulfide) groups is 1. The molecule has 3 unspecified atom stereocenters. The van der Waals surface area contributed by atoms with Crippen LogP contribution < -0.4 is 0 Å². The highest BCUT2D eigenvalue weighted by molar-refractivity contribution is 7.98. The highest BCUT2D eigenvalue weighted by Gasteiger charge is 2.47. The van der Waals surface area contributed by atoms with Crippen molar-refractivity contribution >= 4 is 17.7 Å². The molecule has 1 N–H and O–H groups in total. The maximum absolute atomic E-state index is 11.3. The topological polar surface area (TPSA) is 40.5 Å². The Balaban J connectivity index is 2.02. The molecule has 0 bridgehead atoms. The van der Waals surface area contributed by atoms with E-state index in [0.29, 0.717) is 11.8 Å². The van der Waals surface area contributed by atoms with Crippen LogP contribution in [0.4, 0.5) is 0 Å². The van der Waals surface area contributed by atoms with Crippen molar-refractivity contribution in [1.29, 1.82) is 0 Å². The molecule has 1 saturated carbocycles. The molecule has 1 aliphatic heterocycles. The number of carboxylic acids is 1. The smallest absolute Gasteiger partial charge is 0.321 e. The van der Waals surface area contributed by atoms with Crippen LogP contribution in [0.5, 0.6) is 0 Å². The Kier molecular flexibility index (Phi) is 3.57. The molecule has 1 heterocycles. The third-order valence-corrected chi connectivity index (χ3v) is 4.41. The standard InChI is InChI=1S/C11H19NO2S/c1-15-6-5-12-7-8-3-2-4-9(8)10(12)11(13)14/h8-10H,2-7H2,1H3,(H,13,14). The summed E-state index contributed by atoms with van der Waals surface area (Å²) in [5.74, 6) is 1.53. The minimum atomic E-state index is -0.606. The van der Waals surface area contributed by atoms with Crippen LogP contribution in [0.2, 0.25) is 0 Å². The number of carbonyl (C=O) groups is 1. The fourth-order valence-electron chi connectivity index (χ4n) is 3.17. The molecule has 4 heteroatoms. The second-order valence-electron chi connectivity index (χ2n) is 4.63. The van der Waals surface area contributed by atoms with Gasteiger partial charge >= 0.3 is 5.97 Å². The lowest BCUT2D eigenvalue weighted by Gasteiger charge is -2.23. The van der Waals surface area contributed by atoms with E-state index in [1.807, 2.05) is 0 Å². The molecule has 0 amide bonds. The van der Waals surface area contributed by atoms with Crippen LogP contribution in [-0.4, -0.2) is 47.1 Å². The lowest BCUT2D eigenvalue weighted by molar-refractivity contribution is -0.143. The average Bonchev–Trinajstić information content (AvgIpc) is 2.72. The first kappa shape index (κ1) is 11.3. The van der Waals surface area contributed by atoms with Crippen molar-refractivity contribution in [3.05, 3.63) is 0 Å². The summed E-state index contributed by atoms with van der Waals surface area (Å²) in [6.45, 7) is 1.95. The molecule has 1 aliphatic carbocycles. The lowest BCUT2D eigenvalue weighted by atomic mass is 9.94. The minimum absolute atomic E-state index is 0.190. The molecule has 15 heavy (non-hydrogen) atoms. The van der Waals surface area contributed by atoms with Crippen LogP contribution in [0.3, 0.4) is 0 Å². The molecule has 2 rings (SSSR count). The summed E-state index contributed by atoms with van der Waals surface area (Å²) in [6.07, 6.45) is 5.67. The average molecular weight is 229 g/mol. The molecule has 3 nitrogen and oxygen atoms in total. The largest absolute Gasteiger partial charge is 0.480 e. The van der Waals surface area contributed by atoms with Gasteiger partial charge in [-0.25, -0.2) is 0 Å². The van der Waals surface area contributed by atoms with Gasteiger partial charge in [-0.1, -0.05) is 6.42 Å². The number of hydrogen-bond acceptors (Lipinski definition) is 3. The number of hydrogen-bond donors (Lipinski definition) is 1. The van der Waals surface area contributed by atoms with Crippen LogP contribution in [0, 0.1) is 11.8 Å². The van der Waals surface area contributed by atoms with Crippen molar-refractivity contribution in [2.24, 2.45) is 11.8 Å². The van der Waals surface area contributed by atoms with Crippen LogP contribution in [0.1, 0.15) is 19.3 Å². The van der Waals surface area contributed by atoms with Gasteiger partial charge in [0.2, 0.25) is 0 Å². The molecule has 0 aromatic carbocycles. The normalized spacial score (nSPS) is 35.7. The molecule has 86 valence electrons. The number of aliphatic carboxylic acids is 1. The number of nitrogens with zero attached hydrogens (tertiary/aromatic N) is 1. The molecule has 2 fully saturated rings. The highest BCUT2D eigenvalue weighted by Crippen LogP contribution is 2.42. The monoisotopic (exact) mass is 229 g/mol. The fraction of sp³-hybridized carbons (Fsp3) is 0.909. The predicted molar refractivity (Wildman–Crippen MR) is 62.2 cm³/mol. The van der Waals surface area contributed by atoms with E-state index in [1.165, 1.54) is 12.8 Å². The molecule has 1 saturated heterocycles. The Hall–Kier alpha value is -0.220. The number of likely N-dealkylation sites (tertiary alicyclic amines) is 1. The van der Waals surface area contributed by atoms with E-state index in [9.17, 15) is 9.90 Å². The fourth-order valence-corrected chi connectivity index (χ4v) is 3.59. The first-order valence-electron chi connectivity index (χ1n) is 5.70. The van der Waals surface area contributed by atoms with Crippen molar-refractivity contribution in [3.63, 3.8) is 0 Å². The quantitative estimate of drug-likeness (QED) is 0.794. The van der Waals surface area contributed by atoms with Gasteiger partial charge in [0.15, 0.2) is 0 Å². The Bertz CT molecular complexity index is 247. The summed E-state index contributed by atoms with van der Waals surface area (Å²) in [6, 6.07) is -0.190. The van der Waals surface area contributed by atoms with Crippen molar-refractivity contribution in [2.45, 2.75) is 25.3 Å². The van der Waals surface area contributed by atoms with E-state index in [4.69, 9.17) is 0 Å². The molecular weight excluding hydrogens is 210 g/mol. The zero-order valence-corrected chi connectivity index (χ0v) is 10.0. The van der Waals surface area contributed by atoms with E-state index in [1.54, 1.807) is 11.8 Å². The first-order valence-corrected chi connectivity index (χ1v) is 7.09. The highest BCUT2D eigenvalue weighted by atomic mass is 32.2. The van der Waals surface area contributed by atoms with Crippen LogP contribution in [-0.2, 0) is 4.79 Å². The maximum atomic E-state index is 11.3. The van der Waals surface area contributed by atoms with Crippen LogP contribution in [0.15, 0.2) is 0 Å². The van der Waals surface area contributed by atoms with Gasteiger partial charge < -0.3 is 5.11 Å². The Morgan fingerprint density at radius 3 is 3.00 bits per heavy atom. The van der Waals surface area contributed by atoms with Gasteiger partial charge in [0.1, 0.15) is 6.04 Å². The van der Waals surface area contributed by atoms with E-state index in [2.05, 4.69) is 11.2 Å². The molecular formula is C11H19NO2S. The van der Waals surface area contributed by atoms with Gasteiger partial charge in [0.25, 0.3) is 0 Å². The van der Waals surface area contributed by atoms with Gasteiger partial charge in [-0.3, -0.25) is 9.69 Å². The van der Waals surface area contributed by atoms with Crippen molar-refractivity contribution < 1.29 is 9.90 Å².